The van der Waals surface area contributed by atoms with Gasteiger partial charge in [-0.05, 0) is 54.0 Å². The Labute approximate surface area is 108 Å². The fourth-order valence-corrected chi connectivity index (χ4v) is 2.42. The van der Waals surface area contributed by atoms with Crippen molar-refractivity contribution < 1.29 is 8.78 Å². The minimum Gasteiger partial charge on any atom is -0.328 e. The van der Waals surface area contributed by atoms with E-state index in [1.165, 1.54) is 12.1 Å². The van der Waals surface area contributed by atoms with Crippen molar-refractivity contribution in [2.24, 2.45) is 5.73 Å². The number of piperidine rings is 1. The zero-order valence-electron chi connectivity index (χ0n) is 9.43. The van der Waals surface area contributed by atoms with E-state index in [-0.39, 0.29) is 11.6 Å². The van der Waals surface area contributed by atoms with Gasteiger partial charge in [-0.3, -0.25) is 4.90 Å². The fraction of sp³-hybridized carbons (Fsp3) is 0.500. The summed E-state index contributed by atoms with van der Waals surface area (Å²) in [4.78, 5) is 2.04. The van der Waals surface area contributed by atoms with Crippen LogP contribution >= 0.6 is 15.9 Å². The SMILES string of the molecule is NC1CCN(Cc2c(F)ccc(Br)c2F)CC1. The Morgan fingerprint density at radius 3 is 2.59 bits per heavy atom. The summed E-state index contributed by atoms with van der Waals surface area (Å²) >= 11 is 3.07. The normalized spacial score (nSPS) is 18.6. The smallest absolute Gasteiger partial charge is 0.144 e. The molecule has 0 aliphatic carbocycles. The number of hydrogen-bond acceptors (Lipinski definition) is 2. The molecule has 0 spiro atoms. The Bertz CT molecular complexity index is 404. The van der Waals surface area contributed by atoms with Gasteiger partial charge >= 0.3 is 0 Å². The summed E-state index contributed by atoms with van der Waals surface area (Å²) < 4.78 is 27.6. The van der Waals surface area contributed by atoms with E-state index < -0.39 is 11.6 Å². The van der Waals surface area contributed by atoms with Crippen LogP contribution in [0.4, 0.5) is 8.78 Å². The van der Waals surface area contributed by atoms with Crippen molar-refractivity contribution in [3.63, 3.8) is 0 Å². The third-order valence-corrected chi connectivity index (χ3v) is 3.77. The fourth-order valence-electron chi connectivity index (χ4n) is 2.05. The van der Waals surface area contributed by atoms with E-state index in [2.05, 4.69) is 15.9 Å². The Balaban J connectivity index is 2.11. The van der Waals surface area contributed by atoms with Gasteiger partial charge in [0.15, 0.2) is 0 Å². The third kappa shape index (κ3) is 3.03. The summed E-state index contributed by atoms with van der Waals surface area (Å²) in [5.74, 6) is -0.986. The van der Waals surface area contributed by atoms with Crippen LogP contribution in [0.3, 0.4) is 0 Å². The maximum absolute atomic E-state index is 13.8. The minimum atomic E-state index is -0.500. The number of halogens is 3. The molecular formula is C12H15BrF2N2. The van der Waals surface area contributed by atoms with Crippen LogP contribution in [-0.2, 0) is 6.54 Å². The van der Waals surface area contributed by atoms with Crippen LogP contribution < -0.4 is 5.73 Å². The molecule has 0 saturated carbocycles. The second kappa shape index (κ2) is 5.42. The minimum absolute atomic E-state index is 0.134. The predicted molar refractivity (Wildman–Crippen MR) is 66.5 cm³/mol. The highest BCUT2D eigenvalue weighted by molar-refractivity contribution is 9.10. The quantitative estimate of drug-likeness (QED) is 0.851. The predicted octanol–water partition coefficient (Wildman–Crippen LogP) is 2.65. The van der Waals surface area contributed by atoms with Crippen LogP contribution in [0.2, 0.25) is 0 Å². The number of hydrogen-bond donors (Lipinski definition) is 1. The molecule has 0 aromatic heterocycles. The van der Waals surface area contributed by atoms with E-state index in [1.807, 2.05) is 4.90 Å². The molecule has 0 unspecified atom stereocenters. The molecular weight excluding hydrogens is 290 g/mol. The lowest BCUT2D eigenvalue weighted by Crippen LogP contribution is -2.39. The highest BCUT2D eigenvalue weighted by atomic mass is 79.9. The van der Waals surface area contributed by atoms with E-state index in [9.17, 15) is 8.78 Å². The van der Waals surface area contributed by atoms with E-state index in [1.54, 1.807) is 0 Å². The van der Waals surface area contributed by atoms with Gasteiger partial charge < -0.3 is 5.73 Å². The third-order valence-electron chi connectivity index (χ3n) is 3.15. The van der Waals surface area contributed by atoms with Crippen LogP contribution in [0.15, 0.2) is 16.6 Å². The van der Waals surface area contributed by atoms with Crippen molar-refractivity contribution in [3.05, 3.63) is 33.8 Å². The largest absolute Gasteiger partial charge is 0.328 e. The maximum Gasteiger partial charge on any atom is 0.144 e. The summed E-state index contributed by atoms with van der Waals surface area (Å²) in [5.41, 5.74) is 5.93. The van der Waals surface area contributed by atoms with Crippen molar-refractivity contribution in [1.82, 2.24) is 4.90 Å². The molecule has 1 aliphatic rings. The van der Waals surface area contributed by atoms with Crippen molar-refractivity contribution in [1.29, 1.82) is 0 Å². The second-order valence-electron chi connectivity index (χ2n) is 4.44. The Morgan fingerprint density at radius 2 is 1.94 bits per heavy atom. The number of nitrogens with zero attached hydrogens (tertiary/aromatic N) is 1. The van der Waals surface area contributed by atoms with Gasteiger partial charge in [0.2, 0.25) is 0 Å². The summed E-state index contributed by atoms with van der Waals surface area (Å²) in [6.07, 6.45) is 1.77. The standard InChI is InChI=1S/C12H15BrF2N2/c13-10-1-2-11(14)9(12(10)15)7-17-5-3-8(16)4-6-17/h1-2,8H,3-7,16H2. The first kappa shape index (κ1) is 12.9. The Hall–Kier alpha value is -0.520. The van der Waals surface area contributed by atoms with Gasteiger partial charge in [0.1, 0.15) is 11.6 Å². The molecule has 1 aliphatic heterocycles. The molecule has 0 bridgehead atoms. The van der Waals surface area contributed by atoms with E-state index in [4.69, 9.17) is 5.73 Å². The lowest BCUT2D eigenvalue weighted by molar-refractivity contribution is 0.201. The van der Waals surface area contributed by atoms with Crippen LogP contribution in [0.5, 0.6) is 0 Å². The molecule has 5 heteroatoms. The lowest BCUT2D eigenvalue weighted by Gasteiger charge is -2.30. The van der Waals surface area contributed by atoms with E-state index >= 15 is 0 Å². The second-order valence-corrected chi connectivity index (χ2v) is 5.29. The highest BCUT2D eigenvalue weighted by Crippen LogP contribution is 2.23. The van der Waals surface area contributed by atoms with Gasteiger partial charge in [-0.2, -0.15) is 0 Å². The molecule has 1 saturated heterocycles. The summed E-state index contributed by atoms with van der Waals surface area (Å²) in [6, 6.07) is 2.90. The molecule has 94 valence electrons. The van der Waals surface area contributed by atoms with Gasteiger partial charge in [-0.1, -0.05) is 0 Å². The number of benzene rings is 1. The van der Waals surface area contributed by atoms with Gasteiger partial charge in [-0.25, -0.2) is 8.78 Å². The van der Waals surface area contributed by atoms with Crippen molar-refractivity contribution in [3.8, 4) is 0 Å². The first-order valence-corrected chi connectivity index (χ1v) is 6.47. The maximum atomic E-state index is 13.8. The van der Waals surface area contributed by atoms with Crippen LogP contribution in [0.1, 0.15) is 18.4 Å². The van der Waals surface area contributed by atoms with Gasteiger partial charge in [0.25, 0.3) is 0 Å². The van der Waals surface area contributed by atoms with Crippen LogP contribution in [-0.4, -0.2) is 24.0 Å². The average molecular weight is 305 g/mol. The molecule has 1 aromatic rings. The molecule has 0 amide bonds. The molecule has 0 radical (unpaired) electrons. The van der Waals surface area contributed by atoms with Crippen LogP contribution in [0, 0.1) is 11.6 Å². The van der Waals surface area contributed by atoms with Gasteiger partial charge in [0, 0.05) is 18.2 Å². The molecule has 1 aromatic carbocycles. The number of likely N-dealkylation sites (tertiary alicyclic amines) is 1. The average Bonchev–Trinajstić information content (AvgIpc) is 2.32. The summed E-state index contributed by atoms with van der Waals surface area (Å²) in [6.45, 7) is 1.91. The van der Waals surface area contributed by atoms with Gasteiger partial charge in [0.05, 0.1) is 4.47 Å². The highest BCUT2D eigenvalue weighted by Gasteiger charge is 2.20. The van der Waals surface area contributed by atoms with E-state index in [0.29, 0.717) is 11.0 Å². The van der Waals surface area contributed by atoms with Crippen molar-refractivity contribution in [2.75, 3.05) is 13.1 Å². The zero-order chi connectivity index (χ0) is 12.4. The number of nitrogens with two attached hydrogens (primary N) is 1. The Kier molecular flexibility index (Phi) is 4.12. The Morgan fingerprint density at radius 1 is 1.29 bits per heavy atom. The van der Waals surface area contributed by atoms with E-state index in [0.717, 1.165) is 25.9 Å². The van der Waals surface area contributed by atoms with Crippen LogP contribution in [0.25, 0.3) is 0 Å². The molecule has 2 rings (SSSR count). The first-order chi connectivity index (χ1) is 8.08. The molecule has 2 nitrogen and oxygen atoms in total. The summed E-state index contributed by atoms with van der Waals surface area (Å²) in [5, 5.41) is 0. The molecule has 1 fully saturated rings. The van der Waals surface area contributed by atoms with Gasteiger partial charge in [-0.15, -0.1) is 0 Å². The zero-order valence-corrected chi connectivity index (χ0v) is 11.0. The molecule has 2 N–H and O–H groups in total. The van der Waals surface area contributed by atoms with Crippen molar-refractivity contribution >= 4 is 15.9 Å². The summed E-state index contributed by atoms with van der Waals surface area (Å²) in [7, 11) is 0. The molecule has 0 atom stereocenters. The monoisotopic (exact) mass is 304 g/mol. The number of rotatable bonds is 2. The topological polar surface area (TPSA) is 29.3 Å². The lowest BCUT2D eigenvalue weighted by atomic mass is 10.1. The first-order valence-electron chi connectivity index (χ1n) is 5.68. The molecule has 1 heterocycles. The molecule has 17 heavy (non-hydrogen) atoms. The van der Waals surface area contributed by atoms with Crippen molar-refractivity contribution in [2.45, 2.75) is 25.4 Å².